The molecule has 0 aromatic heterocycles. The van der Waals surface area contributed by atoms with Gasteiger partial charge in [-0.25, -0.2) is 8.42 Å². The van der Waals surface area contributed by atoms with Gasteiger partial charge in [-0.2, -0.15) is 0 Å². The van der Waals surface area contributed by atoms with Crippen molar-refractivity contribution in [1.82, 2.24) is 10.2 Å². The van der Waals surface area contributed by atoms with Crippen LogP contribution < -0.4 is 9.62 Å². The molecule has 0 saturated carbocycles. The van der Waals surface area contributed by atoms with Gasteiger partial charge in [0, 0.05) is 19.5 Å². The lowest BCUT2D eigenvalue weighted by molar-refractivity contribution is -0.140. The van der Waals surface area contributed by atoms with Crippen LogP contribution in [0.1, 0.15) is 41.7 Å². The van der Waals surface area contributed by atoms with Crippen molar-refractivity contribution in [1.29, 1.82) is 0 Å². The van der Waals surface area contributed by atoms with Crippen LogP contribution in [-0.2, 0) is 32.6 Å². The Morgan fingerprint density at radius 3 is 2.02 bits per heavy atom. The van der Waals surface area contributed by atoms with Gasteiger partial charge >= 0.3 is 0 Å². The average Bonchev–Trinajstić information content (AvgIpc) is 2.87. The van der Waals surface area contributed by atoms with E-state index in [1.165, 1.54) is 4.90 Å². The summed E-state index contributed by atoms with van der Waals surface area (Å²) in [7, 11) is -3.80. The van der Waals surface area contributed by atoms with Crippen LogP contribution in [0.5, 0.6) is 0 Å². The molecule has 0 aliphatic rings. The molecule has 0 saturated heterocycles. The zero-order valence-corrected chi connectivity index (χ0v) is 25.2. The normalized spacial score (nSPS) is 12.2. The summed E-state index contributed by atoms with van der Waals surface area (Å²) >= 11 is 0. The van der Waals surface area contributed by atoms with E-state index in [1.807, 2.05) is 95.3 Å². The number of sulfonamides is 1. The summed E-state index contributed by atoms with van der Waals surface area (Å²) in [5.41, 5.74) is 5.00. The van der Waals surface area contributed by atoms with Gasteiger partial charge in [-0.3, -0.25) is 13.9 Å². The van der Waals surface area contributed by atoms with Crippen molar-refractivity contribution in [2.75, 3.05) is 23.7 Å². The molecule has 0 heterocycles. The number of nitrogens with zero attached hydrogens (tertiary/aromatic N) is 2. The van der Waals surface area contributed by atoms with Crippen LogP contribution >= 0.6 is 0 Å². The molecule has 8 heteroatoms. The Labute approximate surface area is 239 Å². The smallest absolute Gasteiger partial charge is 0.244 e. The molecule has 214 valence electrons. The van der Waals surface area contributed by atoms with E-state index in [0.29, 0.717) is 18.7 Å². The monoisotopic (exact) mass is 563 g/mol. The highest BCUT2D eigenvalue weighted by molar-refractivity contribution is 7.92. The number of amides is 2. The highest BCUT2D eigenvalue weighted by Gasteiger charge is 2.33. The first-order valence-corrected chi connectivity index (χ1v) is 15.4. The highest BCUT2D eigenvalue weighted by atomic mass is 32.2. The molecule has 7 nitrogen and oxygen atoms in total. The molecule has 3 rings (SSSR count). The first kappa shape index (κ1) is 30.9. The minimum Gasteiger partial charge on any atom is -0.354 e. The maximum atomic E-state index is 14.1. The molecular formula is C32H41N3O4S. The van der Waals surface area contributed by atoms with Gasteiger partial charge in [-0.15, -0.1) is 0 Å². The van der Waals surface area contributed by atoms with E-state index in [2.05, 4.69) is 5.32 Å². The van der Waals surface area contributed by atoms with Gasteiger partial charge in [0.25, 0.3) is 0 Å². The highest BCUT2D eigenvalue weighted by Crippen LogP contribution is 2.23. The van der Waals surface area contributed by atoms with E-state index < -0.39 is 28.5 Å². The molecular weight excluding hydrogens is 522 g/mol. The van der Waals surface area contributed by atoms with Crippen molar-refractivity contribution >= 4 is 27.5 Å². The fourth-order valence-corrected chi connectivity index (χ4v) is 5.53. The van der Waals surface area contributed by atoms with Gasteiger partial charge in [0.2, 0.25) is 21.8 Å². The Hall–Kier alpha value is -3.65. The van der Waals surface area contributed by atoms with Crippen molar-refractivity contribution in [3.8, 4) is 0 Å². The standard InChI is InChI=1S/C32H41N3O4S/c1-23(2)20-33-32(37)30(19-27-12-8-7-9-13-27)34(21-28-14-10-11-24(3)16-28)31(36)22-35(40(6,38)39)29-17-25(4)15-26(5)18-29/h7-18,23,30H,19-22H2,1-6H3,(H,33,37)/t30-/m0/s1. The average molecular weight is 564 g/mol. The SMILES string of the molecule is Cc1cccc(CN(C(=O)CN(c2cc(C)cc(C)c2)S(C)(=O)=O)[C@@H](Cc2ccccc2)C(=O)NCC(C)C)c1. The number of carbonyl (C=O) groups is 2. The van der Waals surface area contributed by atoms with E-state index in [4.69, 9.17) is 0 Å². The number of aryl methyl sites for hydroxylation is 3. The lowest BCUT2D eigenvalue weighted by atomic mass is 10.0. The topological polar surface area (TPSA) is 86.8 Å². The third-order valence-corrected chi connectivity index (χ3v) is 7.71. The molecule has 0 bridgehead atoms. The van der Waals surface area contributed by atoms with Crippen LogP contribution in [0.25, 0.3) is 0 Å². The van der Waals surface area contributed by atoms with E-state index in [0.717, 1.165) is 38.4 Å². The Morgan fingerprint density at radius 1 is 0.825 bits per heavy atom. The predicted octanol–water partition coefficient (Wildman–Crippen LogP) is 4.79. The maximum absolute atomic E-state index is 14.1. The zero-order chi connectivity index (χ0) is 29.4. The Balaban J connectivity index is 2.06. The van der Waals surface area contributed by atoms with Crippen molar-refractivity contribution in [2.45, 2.75) is 53.6 Å². The molecule has 1 N–H and O–H groups in total. The fraction of sp³-hybridized carbons (Fsp3) is 0.375. The third kappa shape index (κ3) is 8.95. The van der Waals surface area contributed by atoms with Crippen LogP contribution in [0.2, 0.25) is 0 Å². The number of benzene rings is 3. The minimum absolute atomic E-state index is 0.164. The molecule has 0 aliphatic carbocycles. The quantitative estimate of drug-likeness (QED) is 0.343. The Bertz CT molecular complexity index is 1400. The molecule has 1 atom stereocenters. The van der Waals surface area contributed by atoms with Crippen LogP contribution in [-0.4, -0.2) is 50.5 Å². The van der Waals surface area contributed by atoms with Crippen LogP contribution in [0.3, 0.4) is 0 Å². The van der Waals surface area contributed by atoms with Crippen molar-refractivity contribution < 1.29 is 18.0 Å². The summed E-state index contributed by atoms with van der Waals surface area (Å²) in [4.78, 5) is 29.3. The number of carbonyl (C=O) groups excluding carboxylic acids is 2. The number of nitrogens with one attached hydrogen (secondary N) is 1. The van der Waals surface area contributed by atoms with Crippen LogP contribution in [0.15, 0.2) is 72.8 Å². The lowest BCUT2D eigenvalue weighted by Crippen LogP contribution is -2.53. The van der Waals surface area contributed by atoms with Crippen molar-refractivity contribution in [3.63, 3.8) is 0 Å². The van der Waals surface area contributed by atoms with E-state index >= 15 is 0 Å². The second-order valence-corrected chi connectivity index (χ2v) is 12.9. The van der Waals surface area contributed by atoms with Crippen molar-refractivity contribution in [2.24, 2.45) is 5.92 Å². The first-order chi connectivity index (χ1) is 18.8. The van der Waals surface area contributed by atoms with Gasteiger partial charge in [0.05, 0.1) is 11.9 Å². The minimum atomic E-state index is -3.80. The summed E-state index contributed by atoms with van der Waals surface area (Å²) in [6, 6.07) is 21.9. The largest absolute Gasteiger partial charge is 0.354 e. The molecule has 40 heavy (non-hydrogen) atoms. The van der Waals surface area contributed by atoms with Gasteiger partial charge in [-0.05, 0) is 61.1 Å². The molecule has 3 aromatic carbocycles. The van der Waals surface area contributed by atoms with Crippen LogP contribution in [0.4, 0.5) is 5.69 Å². The molecule has 2 amide bonds. The predicted molar refractivity (Wildman–Crippen MR) is 162 cm³/mol. The fourth-order valence-electron chi connectivity index (χ4n) is 4.69. The number of hydrogen-bond donors (Lipinski definition) is 1. The first-order valence-electron chi connectivity index (χ1n) is 13.6. The van der Waals surface area contributed by atoms with Crippen molar-refractivity contribution in [3.05, 3.63) is 101 Å². The molecule has 0 unspecified atom stereocenters. The van der Waals surface area contributed by atoms with Gasteiger partial charge in [-0.1, -0.05) is 80.1 Å². The summed E-state index contributed by atoms with van der Waals surface area (Å²) < 4.78 is 27.1. The second kappa shape index (κ2) is 13.6. The second-order valence-electron chi connectivity index (χ2n) is 11.0. The van der Waals surface area contributed by atoms with Gasteiger partial charge < -0.3 is 10.2 Å². The Morgan fingerprint density at radius 2 is 1.45 bits per heavy atom. The molecule has 0 radical (unpaired) electrons. The number of hydrogen-bond acceptors (Lipinski definition) is 4. The summed E-state index contributed by atoms with van der Waals surface area (Å²) in [6.45, 7) is 9.97. The lowest BCUT2D eigenvalue weighted by Gasteiger charge is -2.34. The maximum Gasteiger partial charge on any atom is 0.244 e. The van der Waals surface area contributed by atoms with E-state index in [9.17, 15) is 18.0 Å². The molecule has 0 aliphatic heterocycles. The summed E-state index contributed by atoms with van der Waals surface area (Å²) in [6.07, 6.45) is 1.39. The number of rotatable bonds is 12. The third-order valence-electron chi connectivity index (χ3n) is 6.56. The van der Waals surface area contributed by atoms with E-state index in [-0.39, 0.29) is 18.4 Å². The van der Waals surface area contributed by atoms with Gasteiger partial charge in [0.1, 0.15) is 12.6 Å². The molecule has 3 aromatic rings. The van der Waals surface area contributed by atoms with E-state index in [1.54, 1.807) is 12.1 Å². The number of anilines is 1. The summed E-state index contributed by atoms with van der Waals surface area (Å²) in [5, 5.41) is 3.00. The van der Waals surface area contributed by atoms with Crippen LogP contribution in [0, 0.1) is 26.7 Å². The zero-order valence-electron chi connectivity index (χ0n) is 24.3. The molecule has 0 fully saturated rings. The molecule has 0 spiro atoms. The Kier molecular flexibility index (Phi) is 10.5. The summed E-state index contributed by atoms with van der Waals surface area (Å²) in [5.74, 6) is -0.491. The van der Waals surface area contributed by atoms with Gasteiger partial charge in [0.15, 0.2) is 0 Å².